The van der Waals surface area contributed by atoms with Crippen molar-refractivity contribution >= 4 is 11.7 Å². The Labute approximate surface area is 132 Å². The molecular formula is C17H25N3O2. The highest BCUT2D eigenvalue weighted by Crippen LogP contribution is 2.46. The highest BCUT2D eigenvalue weighted by molar-refractivity contribution is 5.71. The van der Waals surface area contributed by atoms with Gasteiger partial charge in [-0.25, -0.2) is 5.84 Å². The van der Waals surface area contributed by atoms with Crippen molar-refractivity contribution in [3.05, 3.63) is 29.8 Å². The molecule has 3 unspecified atom stereocenters. The third-order valence-electron chi connectivity index (χ3n) is 5.05. The maximum absolute atomic E-state index is 11.9. The van der Waals surface area contributed by atoms with Crippen LogP contribution in [0.3, 0.4) is 0 Å². The summed E-state index contributed by atoms with van der Waals surface area (Å²) >= 11 is 0. The van der Waals surface area contributed by atoms with Gasteiger partial charge in [-0.15, -0.1) is 0 Å². The molecule has 0 spiro atoms. The minimum Gasteiger partial charge on any atom is -0.469 e. The lowest BCUT2D eigenvalue weighted by atomic mass is 9.82. The first-order valence-corrected chi connectivity index (χ1v) is 8.11. The van der Waals surface area contributed by atoms with Gasteiger partial charge >= 0.3 is 5.97 Å². The van der Waals surface area contributed by atoms with Gasteiger partial charge in [0.15, 0.2) is 0 Å². The van der Waals surface area contributed by atoms with Crippen molar-refractivity contribution < 1.29 is 9.53 Å². The standard InChI is InChI=1S/C17H25N3O2/c1-3-9-19-10-8-13-12-6-4-5-7-14(12)20(18)17(13)15(19)11-16(21)22-2/h4-7,13,15,17H,3,8-11,18H2,1-2H3. The zero-order valence-electron chi connectivity index (χ0n) is 13.4. The number of esters is 1. The van der Waals surface area contributed by atoms with Crippen LogP contribution in [0.4, 0.5) is 5.69 Å². The molecule has 2 aliphatic heterocycles. The Morgan fingerprint density at radius 2 is 2.18 bits per heavy atom. The third kappa shape index (κ3) is 2.48. The highest BCUT2D eigenvalue weighted by Gasteiger charge is 2.47. The smallest absolute Gasteiger partial charge is 0.307 e. The predicted octanol–water partition coefficient (Wildman–Crippen LogP) is 1.88. The first-order chi connectivity index (χ1) is 10.7. The average Bonchev–Trinajstić information content (AvgIpc) is 2.83. The third-order valence-corrected chi connectivity index (χ3v) is 5.05. The fourth-order valence-corrected chi connectivity index (χ4v) is 4.11. The molecule has 5 nitrogen and oxygen atoms in total. The molecule has 120 valence electrons. The van der Waals surface area contributed by atoms with Crippen molar-refractivity contribution in [2.24, 2.45) is 5.84 Å². The summed E-state index contributed by atoms with van der Waals surface area (Å²) in [5.74, 6) is 6.67. The lowest BCUT2D eigenvalue weighted by Gasteiger charge is -2.44. The van der Waals surface area contributed by atoms with Gasteiger partial charge in [-0.05, 0) is 37.6 Å². The Hall–Kier alpha value is -1.59. The normalized spacial score (nSPS) is 27.4. The number of methoxy groups -OCH3 is 1. The highest BCUT2D eigenvalue weighted by atomic mass is 16.5. The van der Waals surface area contributed by atoms with E-state index in [0.29, 0.717) is 12.3 Å². The Balaban J connectivity index is 1.91. The van der Waals surface area contributed by atoms with Gasteiger partial charge in [0, 0.05) is 12.0 Å². The van der Waals surface area contributed by atoms with Crippen LogP contribution in [0.5, 0.6) is 0 Å². The molecule has 0 radical (unpaired) electrons. The van der Waals surface area contributed by atoms with Crippen molar-refractivity contribution in [1.29, 1.82) is 0 Å². The summed E-state index contributed by atoms with van der Waals surface area (Å²) in [6.07, 6.45) is 2.57. The first kappa shape index (κ1) is 15.3. The number of hydrazine groups is 1. The molecule has 22 heavy (non-hydrogen) atoms. The Morgan fingerprint density at radius 3 is 2.91 bits per heavy atom. The molecule has 5 heteroatoms. The topological polar surface area (TPSA) is 58.8 Å². The number of ether oxygens (including phenoxy) is 1. The van der Waals surface area contributed by atoms with E-state index < -0.39 is 0 Å². The van der Waals surface area contributed by atoms with Gasteiger partial charge in [-0.3, -0.25) is 9.69 Å². The van der Waals surface area contributed by atoms with E-state index in [9.17, 15) is 4.79 Å². The molecule has 1 aromatic rings. The summed E-state index contributed by atoms with van der Waals surface area (Å²) < 4.78 is 4.92. The zero-order chi connectivity index (χ0) is 15.7. The van der Waals surface area contributed by atoms with Crippen LogP contribution in [0.1, 0.15) is 37.7 Å². The molecule has 3 atom stereocenters. The van der Waals surface area contributed by atoms with Gasteiger partial charge in [0.25, 0.3) is 0 Å². The summed E-state index contributed by atoms with van der Waals surface area (Å²) in [4.78, 5) is 14.3. The van der Waals surface area contributed by atoms with Crippen LogP contribution in [0, 0.1) is 0 Å². The van der Waals surface area contributed by atoms with E-state index >= 15 is 0 Å². The number of hydrogen-bond acceptors (Lipinski definition) is 5. The Kier molecular flexibility index (Phi) is 4.36. The number of fused-ring (bicyclic) bond motifs is 3. The van der Waals surface area contributed by atoms with E-state index in [1.807, 2.05) is 11.1 Å². The number of carbonyl (C=O) groups excluding carboxylic acids is 1. The lowest BCUT2D eigenvalue weighted by Crippen LogP contribution is -2.58. The minimum absolute atomic E-state index is 0.114. The van der Waals surface area contributed by atoms with Crippen LogP contribution in [0.15, 0.2) is 24.3 Å². The van der Waals surface area contributed by atoms with Gasteiger partial charge in [0.2, 0.25) is 0 Å². The summed E-state index contributed by atoms with van der Waals surface area (Å²) in [6.45, 7) is 4.18. The number of anilines is 1. The molecule has 0 bridgehead atoms. The summed E-state index contributed by atoms with van der Waals surface area (Å²) in [6, 6.07) is 8.61. The number of rotatable bonds is 4. The Morgan fingerprint density at radius 1 is 1.41 bits per heavy atom. The van der Waals surface area contributed by atoms with Crippen LogP contribution in [-0.4, -0.2) is 43.2 Å². The van der Waals surface area contributed by atoms with E-state index in [1.54, 1.807) is 0 Å². The number of benzene rings is 1. The van der Waals surface area contributed by atoms with Crippen molar-refractivity contribution in [2.75, 3.05) is 25.2 Å². The van der Waals surface area contributed by atoms with Crippen molar-refractivity contribution in [3.8, 4) is 0 Å². The van der Waals surface area contributed by atoms with Gasteiger partial charge in [-0.2, -0.15) is 0 Å². The molecule has 1 saturated heterocycles. The minimum atomic E-state index is -0.156. The lowest BCUT2D eigenvalue weighted by molar-refractivity contribution is -0.142. The van der Waals surface area contributed by atoms with Crippen LogP contribution in [-0.2, 0) is 9.53 Å². The van der Waals surface area contributed by atoms with Crippen molar-refractivity contribution in [2.45, 2.75) is 44.2 Å². The first-order valence-electron chi connectivity index (χ1n) is 8.11. The molecule has 3 rings (SSSR count). The van der Waals surface area contributed by atoms with Crippen LogP contribution in [0.2, 0.25) is 0 Å². The Bertz CT molecular complexity index is 548. The SMILES string of the molecule is CCCN1CCC2c3ccccc3N(N)C2C1CC(=O)OC. The fraction of sp³-hybridized carbons (Fsp3) is 0.588. The van der Waals surface area contributed by atoms with Crippen LogP contribution >= 0.6 is 0 Å². The molecule has 1 fully saturated rings. The maximum Gasteiger partial charge on any atom is 0.307 e. The summed E-state index contributed by atoms with van der Waals surface area (Å²) in [5, 5.41) is 1.88. The average molecular weight is 303 g/mol. The van der Waals surface area contributed by atoms with Crippen molar-refractivity contribution in [1.82, 2.24) is 4.90 Å². The van der Waals surface area contributed by atoms with Crippen LogP contribution < -0.4 is 10.9 Å². The molecule has 2 heterocycles. The van der Waals surface area contributed by atoms with Gasteiger partial charge < -0.3 is 9.75 Å². The number of hydrogen-bond donors (Lipinski definition) is 1. The molecule has 0 aliphatic carbocycles. The fourth-order valence-electron chi connectivity index (χ4n) is 4.11. The number of likely N-dealkylation sites (tertiary alicyclic amines) is 1. The van der Waals surface area contributed by atoms with E-state index in [1.165, 1.54) is 12.7 Å². The molecule has 0 amide bonds. The van der Waals surface area contributed by atoms with E-state index in [-0.39, 0.29) is 18.1 Å². The molecule has 2 N–H and O–H groups in total. The van der Waals surface area contributed by atoms with E-state index in [2.05, 4.69) is 30.0 Å². The van der Waals surface area contributed by atoms with Gasteiger partial charge in [0.05, 0.1) is 25.3 Å². The van der Waals surface area contributed by atoms with E-state index in [4.69, 9.17) is 10.6 Å². The van der Waals surface area contributed by atoms with Gasteiger partial charge in [-0.1, -0.05) is 25.1 Å². The summed E-state index contributed by atoms with van der Waals surface area (Å²) in [5.41, 5.74) is 2.42. The van der Waals surface area contributed by atoms with E-state index in [0.717, 1.165) is 31.6 Å². The maximum atomic E-state index is 11.9. The number of nitrogens with zero attached hydrogens (tertiary/aromatic N) is 2. The number of piperidine rings is 1. The quantitative estimate of drug-likeness (QED) is 0.680. The molecular weight excluding hydrogens is 278 g/mol. The molecule has 1 aromatic carbocycles. The zero-order valence-corrected chi connectivity index (χ0v) is 13.4. The number of nitrogens with two attached hydrogens (primary N) is 1. The monoisotopic (exact) mass is 303 g/mol. The molecule has 0 saturated carbocycles. The number of carbonyl (C=O) groups is 1. The summed E-state index contributed by atoms with van der Waals surface area (Å²) in [7, 11) is 1.45. The largest absolute Gasteiger partial charge is 0.469 e. The molecule has 2 aliphatic rings. The van der Waals surface area contributed by atoms with Crippen molar-refractivity contribution in [3.63, 3.8) is 0 Å². The number of para-hydroxylation sites is 1. The second-order valence-electron chi connectivity index (χ2n) is 6.24. The predicted molar refractivity (Wildman–Crippen MR) is 86.5 cm³/mol. The van der Waals surface area contributed by atoms with Gasteiger partial charge in [0.1, 0.15) is 0 Å². The molecule has 0 aromatic heterocycles. The second-order valence-corrected chi connectivity index (χ2v) is 6.24. The second kappa shape index (κ2) is 6.26. The van der Waals surface area contributed by atoms with Crippen LogP contribution in [0.25, 0.3) is 0 Å².